The number of hydrogen-bond acceptors (Lipinski definition) is 5. The van der Waals surface area contributed by atoms with Crippen LogP contribution >= 0.6 is 11.3 Å². The lowest BCUT2D eigenvalue weighted by Crippen LogP contribution is -2.48. The number of para-hydroxylation sites is 1. The van der Waals surface area contributed by atoms with Crippen LogP contribution in [0.15, 0.2) is 23.0 Å². The molecule has 2 heterocycles. The van der Waals surface area contributed by atoms with Crippen LogP contribution in [0, 0.1) is 5.41 Å². The van der Waals surface area contributed by atoms with Crippen molar-refractivity contribution >= 4 is 34.1 Å². The predicted molar refractivity (Wildman–Crippen MR) is 89.0 cm³/mol. The van der Waals surface area contributed by atoms with E-state index in [1.807, 2.05) is 18.2 Å². The summed E-state index contributed by atoms with van der Waals surface area (Å²) >= 11 is 1.25. The van der Waals surface area contributed by atoms with E-state index in [0.717, 1.165) is 15.7 Å². The van der Waals surface area contributed by atoms with Gasteiger partial charge in [0.1, 0.15) is 0 Å². The van der Waals surface area contributed by atoms with Gasteiger partial charge in [0.05, 0.1) is 23.4 Å². The Labute approximate surface area is 133 Å². The monoisotopic (exact) mass is 321 g/mol. The maximum Gasteiger partial charge on any atom is 0.496 e. The van der Waals surface area contributed by atoms with Crippen molar-refractivity contribution in [3.8, 4) is 0 Å². The average molecular weight is 321 g/mol. The molecule has 0 atom stereocenters. The number of thiazole rings is 1. The highest BCUT2D eigenvalue weighted by Gasteiger charge is 2.35. The number of aromatic nitrogens is 1. The zero-order valence-corrected chi connectivity index (χ0v) is 13.9. The van der Waals surface area contributed by atoms with Gasteiger partial charge in [-0.2, -0.15) is 0 Å². The molecule has 3 rings (SSSR count). The van der Waals surface area contributed by atoms with Crippen LogP contribution in [0.25, 0.3) is 10.2 Å². The summed E-state index contributed by atoms with van der Waals surface area (Å²) in [6.45, 7) is 6.54. The summed E-state index contributed by atoms with van der Waals surface area (Å²) in [4.78, 5) is 12.3. The van der Waals surface area contributed by atoms with E-state index in [1.165, 1.54) is 11.3 Å². The molecule has 5 nitrogen and oxygen atoms in total. The SMILES string of the molecule is COCCn1c(=O)sc2cccc(B3OCC(C)(C)CO3)c21. The lowest BCUT2D eigenvalue weighted by Gasteiger charge is -2.33. The third-order valence-corrected chi connectivity index (χ3v) is 4.69. The van der Waals surface area contributed by atoms with E-state index in [2.05, 4.69) is 13.8 Å². The molecule has 1 aromatic carbocycles. The van der Waals surface area contributed by atoms with Crippen molar-refractivity contribution in [2.45, 2.75) is 20.4 Å². The van der Waals surface area contributed by atoms with Crippen molar-refractivity contribution in [3.05, 3.63) is 27.9 Å². The van der Waals surface area contributed by atoms with Crippen LogP contribution in [0.1, 0.15) is 13.8 Å². The molecule has 0 bridgehead atoms. The van der Waals surface area contributed by atoms with Crippen LogP contribution in [-0.2, 0) is 20.6 Å². The zero-order chi connectivity index (χ0) is 15.7. The lowest BCUT2D eigenvalue weighted by atomic mass is 9.75. The second kappa shape index (κ2) is 6.16. The van der Waals surface area contributed by atoms with E-state index in [-0.39, 0.29) is 10.3 Å². The Morgan fingerprint density at radius 3 is 2.77 bits per heavy atom. The minimum atomic E-state index is -0.417. The Morgan fingerprint density at radius 1 is 1.36 bits per heavy atom. The van der Waals surface area contributed by atoms with Crippen LogP contribution in [0.5, 0.6) is 0 Å². The molecule has 0 saturated carbocycles. The summed E-state index contributed by atoms with van der Waals surface area (Å²) in [5.74, 6) is 0. The molecule has 2 aromatic rings. The topological polar surface area (TPSA) is 49.7 Å². The van der Waals surface area contributed by atoms with Gasteiger partial charge in [-0.25, -0.2) is 0 Å². The number of ether oxygens (including phenoxy) is 1. The number of rotatable bonds is 4. The maximum absolute atomic E-state index is 12.2. The standard InChI is InChI=1S/C15H20BNO4S/c1-15(2)9-20-16(21-10-15)11-5-4-6-12-13(11)17(7-8-19-3)14(18)22-12/h4-6H,7-10H2,1-3H3. The molecule has 22 heavy (non-hydrogen) atoms. The summed E-state index contributed by atoms with van der Waals surface area (Å²) in [6, 6.07) is 5.88. The molecule has 1 aliphatic heterocycles. The van der Waals surface area contributed by atoms with E-state index in [4.69, 9.17) is 14.0 Å². The Balaban J connectivity index is 2.01. The fourth-order valence-corrected chi connectivity index (χ4v) is 3.55. The van der Waals surface area contributed by atoms with Crippen LogP contribution in [0.4, 0.5) is 0 Å². The molecule has 0 amide bonds. The Morgan fingerprint density at radius 2 is 2.09 bits per heavy atom. The second-order valence-electron chi connectivity index (χ2n) is 6.32. The van der Waals surface area contributed by atoms with Gasteiger partial charge in [0.25, 0.3) is 0 Å². The van der Waals surface area contributed by atoms with Gasteiger partial charge >= 0.3 is 12.0 Å². The highest BCUT2D eigenvalue weighted by atomic mass is 32.1. The molecule has 118 valence electrons. The van der Waals surface area contributed by atoms with Gasteiger partial charge in [0.2, 0.25) is 0 Å². The normalized spacial score (nSPS) is 18.0. The van der Waals surface area contributed by atoms with Crippen LogP contribution in [0.3, 0.4) is 0 Å². The molecule has 0 aliphatic carbocycles. The highest BCUT2D eigenvalue weighted by Crippen LogP contribution is 2.23. The van der Waals surface area contributed by atoms with Crippen molar-refractivity contribution in [1.29, 1.82) is 0 Å². The molecule has 0 radical (unpaired) electrons. The van der Waals surface area contributed by atoms with E-state index < -0.39 is 7.12 Å². The van der Waals surface area contributed by atoms with E-state index in [1.54, 1.807) is 11.7 Å². The van der Waals surface area contributed by atoms with Crippen molar-refractivity contribution < 1.29 is 14.0 Å². The first-order valence-corrected chi connectivity index (χ1v) is 8.18. The first-order chi connectivity index (χ1) is 10.5. The number of nitrogens with zero attached hydrogens (tertiary/aromatic N) is 1. The van der Waals surface area contributed by atoms with Gasteiger partial charge in [0.15, 0.2) is 0 Å². The molecular formula is C15H20BNO4S. The first-order valence-electron chi connectivity index (χ1n) is 7.36. The molecule has 7 heteroatoms. The van der Waals surface area contributed by atoms with E-state index in [0.29, 0.717) is 26.4 Å². The molecule has 0 N–H and O–H groups in total. The van der Waals surface area contributed by atoms with Gasteiger partial charge in [0, 0.05) is 31.2 Å². The van der Waals surface area contributed by atoms with Gasteiger partial charge in [-0.15, -0.1) is 0 Å². The smallest absolute Gasteiger partial charge is 0.407 e. The zero-order valence-electron chi connectivity index (χ0n) is 13.1. The van der Waals surface area contributed by atoms with Gasteiger partial charge in [-0.1, -0.05) is 37.3 Å². The quantitative estimate of drug-likeness (QED) is 0.801. The van der Waals surface area contributed by atoms with E-state index in [9.17, 15) is 4.79 Å². The molecule has 1 aliphatic rings. The van der Waals surface area contributed by atoms with Crippen molar-refractivity contribution in [1.82, 2.24) is 4.57 Å². The predicted octanol–water partition coefficient (Wildman–Crippen LogP) is 1.48. The lowest BCUT2D eigenvalue weighted by molar-refractivity contribution is 0.0344. The molecule has 1 aromatic heterocycles. The van der Waals surface area contributed by atoms with Gasteiger partial charge in [-0.3, -0.25) is 9.36 Å². The van der Waals surface area contributed by atoms with Gasteiger partial charge < -0.3 is 14.0 Å². The Kier molecular flexibility index (Phi) is 4.41. The van der Waals surface area contributed by atoms with Crippen LogP contribution < -0.4 is 10.3 Å². The maximum atomic E-state index is 12.2. The van der Waals surface area contributed by atoms with Crippen LogP contribution in [0.2, 0.25) is 0 Å². The summed E-state index contributed by atoms with van der Waals surface area (Å²) in [5.41, 5.74) is 1.84. The Bertz CT molecular complexity index is 714. The molecule has 0 unspecified atom stereocenters. The molecule has 1 fully saturated rings. The highest BCUT2D eigenvalue weighted by molar-refractivity contribution is 7.16. The third kappa shape index (κ3) is 2.99. The third-order valence-electron chi connectivity index (χ3n) is 3.74. The summed E-state index contributed by atoms with van der Waals surface area (Å²) < 4.78 is 19.6. The molecular weight excluding hydrogens is 301 g/mol. The number of methoxy groups -OCH3 is 1. The summed E-state index contributed by atoms with van der Waals surface area (Å²) in [7, 11) is 1.22. The summed E-state index contributed by atoms with van der Waals surface area (Å²) in [6.07, 6.45) is 0. The number of fused-ring (bicyclic) bond motifs is 1. The van der Waals surface area contributed by atoms with E-state index >= 15 is 0 Å². The summed E-state index contributed by atoms with van der Waals surface area (Å²) in [5, 5.41) is 0. The van der Waals surface area contributed by atoms with Crippen LogP contribution in [-0.4, -0.2) is 38.6 Å². The molecule has 1 saturated heterocycles. The fraction of sp³-hybridized carbons (Fsp3) is 0.533. The fourth-order valence-electron chi connectivity index (χ4n) is 2.60. The van der Waals surface area contributed by atoms with Crippen molar-refractivity contribution in [2.75, 3.05) is 26.9 Å². The Hall–Kier alpha value is -1.15. The second-order valence-corrected chi connectivity index (χ2v) is 7.32. The average Bonchev–Trinajstić information content (AvgIpc) is 2.80. The van der Waals surface area contributed by atoms with Gasteiger partial charge in [-0.05, 0) is 6.07 Å². The number of hydrogen-bond donors (Lipinski definition) is 0. The van der Waals surface area contributed by atoms with Crippen molar-refractivity contribution in [2.24, 2.45) is 5.41 Å². The number of benzene rings is 1. The van der Waals surface area contributed by atoms with Crippen molar-refractivity contribution in [3.63, 3.8) is 0 Å². The minimum absolute atomic E-state index is 0.0226. The first kappa shape index (κ1) is 15.7. The molecule has 0 spiro atoms. The minimum Gasteiger partial charge on any atom is -0.407 e. The largest absolute Gasteiger partial charge is 0.496 e.